The normalized spacial score (nSPS) is 12.8. The molecule has 0 saturated carbocycles. The van der Waals surface area contributed by atoms with E-state index in [2.05, 4.69) is 29.3 Å². The van der Waals surface area contributed by atoms with Gasteiger partial charge in [-0.05, 0) is 26.3 Å². The van der Waals surface area contributed by atoms with E-state index >= 15 is 0 Å². The van der Waals surface area contributed by atoms with Crippen LogP contribution >= 0.6 is 0 Å². The van der Waals surface area contributed by atoms with Gasteiger partial charge in [-0.25, -0.2) is 0 Å². The second kappa shape index (κ2) is 9.05. The van der Waals surface area contributed by atoms with Crippen molar-refractivity contribution in [3.8, 4) is 0 Å². The van der Waals surface area contributed by atoms with Gasteiger partial charge in [-0.3, -0.25) is 0 Å². The van der Waals surface area contributed by atoms with Crippen LogP contribution in [0.1, 0.15) is 45.3 Å². The highest BCUT2D eigenvalue weighted by molar-refractivity contribution is 4.89. The average Bonchev–Trinajstić information content (AvgIpc) is 2.82. The van der Waals surface area contributed by atoms with Gasteiger partial charge in [0.15, 0.2) is 5.82 Å². The van der Waals surface area contributed by atoms with Crippen molar-refractivity contribution in [2.45, 2.75) is 52.5 Å². The van der Waals surface area contributed by atoms with E-state index in [1.54, 1.807) is 0 Å². The van der Waals surface area contributed by atoms with E-state index in [0.29, 0.717) is 12.6 Å². The van der Waals surface area contributed by atoms with Crippen LogP contribution in [0.4, 0.5) is 0 Å². The Morgan fingerprint density at radius 3 is 2.83 bits per heavy atom. The third-order valence-electron chi connectivity index (χ3n) is 2.78. The van der Waals surface area contributed by atoms with E-state index in [4.69, 9.17) is 9.26 Å². The number of ether oxygens (including phenoxy) is 1. The second-order valence-electron chi connectivity index (χ2n) is 4.31. The van der Waals surface area contributed by atoms with Crippen LogP contribution in [-0.4, -0.2) is 35.9 Å². The van der Waals surface area contributed by atoms with E-state index < -0.39 is 0 Å². The van der Waals surface area contributed by atoms with Gasteiger partial charge in [0.25, 0.3) is 0 Å². The zero-order valence-electron chi connectivity index (χ0n) is 11.7. The lowest BCUT2D eigenvalue weighted by atomic mass is 10.1. The Bertz CT molecular complexity index is 315. The van der Waals surface area contributed by atoms with Gasteiger partial charge in [0.1, 0.15) is 0 Å². The summed E-state index contributed by atoms with van der Waals surface area (Å²) in [6.07, 6.45) is 3.73. The van der Waals surface area contributed by atoms with Crippen LogP contribution in [0.25, 0.3) is 0 Å². The Morgan fingerprint density at radius 2 is 2.17 bits per heavy atom. The molecule has 0 radical (unpaired) electrons. The number of hydrogen-bond donors (Lipinski definition) is 1. The van der Waals surface area contributed by atoms with Crippen molar-refractivity contribution in [1.29, 1.82) is 0 Å². The summed E-state index contributed by atoms with van der Waals surface area (Å²) in [6, 6.07) is 0.421. The van der Waals surface area contributed by atoms with Gasteiger partial charge in [0, 0.05) is 25.5 Å². The number of nitrogens with zero attached hydrogens (tertiary/aromatic N) is 2. The summed E-state index contributed by atoms with van der Waals surface area (Å²) in [5.74, 6) is 1.46. The molecule has 1 rings (SSSR count). The first-order valence-electron chi connectivity index (χ1n) is 6.92. The highest BCUT2D eigenvalue weighted by Gasteiger charge is 2.12. The smallest absolute Gasteiger partial charge is 0.228 e. The molecule has 1 aromatic heterocycles. The molecule has 1 atom stereocenters. The lowest BCUT2D eigenvalue weighted by Gasteiger charge is -2.13. The minimum Gasteiger partial charge on any atom is -0.381 e. The molecule has 0 spiro atoms. The minimum atomic E-state index is 0.421. The molecular formula is C13H25N3O2. The standard InChI is InChI=1S/C13H25N3O2/c1-4-8-14-11(5-2)10-13-15-12(16-18-13)7-9-17-6-3/h11,14H,4-10H2,1-3H3. The Hall–Kier alpha value is -0.940. The molecule has 0 saturated heterocycles. The molecule has 1 aromatic rings. The predicted octanol–water partition coefficient (Wildman–Crippen LogP) is 1.97. The Labute approximate surface area is 109 Å². The molecule has 1 N–H and O–H groups in total. The fourth-order valence-electron chi connectivity index (χ4n) is 1.70. The molecule has 0 aliphatic carbocycles. The van der Waals surface area contributed by atoms with Crippen molar-refractivity contribution < 1.29 is 9.26 Å². The van der Waals surface area contributed by atoms with Crippen LogP contribution in [0.5, 0.6) is 0 Å². The van der Waals surface area contributed by atoms with E-state index in [1.165, 1.54) is 0 Å². The Morgan fingerprint density at radius 1 is 1.33 bits per heavy atom. The monoisotopic (exact) mass is 255 g/mol. The second-order valence-corrected chi connectivity index (χ2v) is 4.31. The third kappa shape index (κ3) is 5.60. The maximum atomic E-state index is 5.27. The molecule has 0 fully saturated rings. The molecule has 1 heterocycles. The fraction of sp³-hybridized carbons (Fsp3) is 0.846. The van der Waals surface area contributed by atoms with Crippen LogP contribution in [-0.2, 0) is 17.6 Å². The SMILES string of the molecule is CCCNC(CC)Cc1nc(CCOCC)no1. The first-order valence-corrected chi connectivity index (χ1v) is 6.92. The first-order chi connectivity index (χ1) is 8.80. The maximum Gasteiger partial charge on any atom is 0.228 e. The van der Waals surface area contributed by atoms with Crippen LogP contribution in [0.2, 0.25) is 0 Å². The van der Waals surface area contributed by atoms with Crippen molar-refractivity contribution in [3.05, 3.63) is 11.7 Å². The molecule has 0 bridgehead atoms. The molecule has 0 aliphatic rings. The lowest BCUT2D eigenvalue weighted by molar-refractivity contribution is 0.149. The van der Waals surface area contributed by atoms with Crippen molar-refractivity contribution in [2.24, 2.45) is 0 Å². The van der Waals surface area contributed by atoms with Gasteiger partial charge in [-0.15, -0.1) is 0 Å². The molecule has 0 amide bonds. The zero-order chi connectivity index (χ0) is 13.2. The van der Waals surface area contributed by atoms with Gasteiger partial charge < -0.3 is 14.6 Å². The molecule has 1 unspecified atom stereocenters. The van der Waals surface area contributed by atoms with Gasteiger partial charge in [0.05, 0.1) is 6.61 Å². The lowest BCUT2D eigenvalue weighted by Crippen LogP contribution is -2.31. The third-order valence-corrected chi connectivity index (χ3v) is 2.78. The molecule has 5 heteroatoms. The summed E-state index contributed by atoms with van der Waals surface area (Å²) in [5.41, 5.74) is 0. The van der Waals surface area contributed by atoms with Crippen LogP contribution < -0.4 is 5.32 Å². The summed E-state index contributed by atoms with van der Waals surface area (Å²) < 4.78 is 10.5. The number of rotatable bonds is 10. The largest absolute Gasteiger partial charge is 0.381 e. The van der Waals surface area contributed by atoms with Crippen molar-refractivity contribution in [3.63, 3.8) is 0 Å². The zero-order valence-corrected chi connectivity index (χ0v) is 11.7. The molecular weight excluding hydrogens is 230 g/mol. The van der Waals surface area contributed by atoms with Gasteiger partial charge in [-0.1, -0.05) is 19.0 Å². The number of nitrogens with one attached hydrogen (secondary N) is 1. The van der Waals surface area contributed by atoms with E-state index in [9.17, 15) is 0 Å². The quantitative estimate of drug-likeness (QED) is 0.648. The highest BCUT2D eigenvalue weighted by atomic mass is 16.5. The topological polar surface area (TPSA) is 60.2 Å². The summed E-state index contributed by atoms with van der Waals surface area (Å²) in [6.45, 7) is 8.72. The Kier molecular flexibility index (Phi) is 7.60. The predicted molar refractivity (Wildman–Crippen MR) is 70.6 cm³/mol. The average molecular weight is 255 g/mol. The Balaban J connectivity index is 2.36. The fourth-order valence-corrected chi connectivity index (χ4v) is 1.70. The van der Waals surface area contributed by atoms with E-state index in [-0.39, 0.29) is 0 Å². The van der Waals surface area contributed by atoms with Gasteiger partial charge in [0.2, 0.25) is 5.89 Å². The van der Waals surface area contributed by atoms with E-state index in [0.717, 1.165) is 50.6 Å². The van der Waals surface area contributed by atoms with Crippen LogP contribution in [0.15, 0.2) is 4.52 Å². The van der Waals surface area contributed by atoms with Gasteiger partial charge >= 0.3 is 0 Å². The van der Waals surface area contributed by atoms with Crippen molar-refractivity contribution in [1.82, 2.24) is 15.5 Å². The minimum absolute atomic E-state index is 0.421. The molecule has 104 valence electrons. The summed E-state index contributed by atoms with van der Waals surface area (Å²) >= 11 is 0. The summed E-state index contributed by atoms with van der Waals surface area (Å²) in [5, 5.41) is 7.44. The van der Waals surface area contributed by atoms with Crippen LogP contribution in [0.3, 0.4) is 0 Å². The highest BCUT2D eigenvalue weighted by Crippen LogP contribution is 2.05. The van der Waals surface area contributed by atoms with E-state index in [1.807, 2.05) is 6.92 Å². The first kappa shape index (κ1) is 15.1. The maximum absolute atomic E-state index is 5.27. The van der Waals surface area contributed by atoms with Crippen molar-refractivity contribution in [2.75, 3.05) is 19.8 Å². The van der Waals surface area contributed by atoms with Crippen LogP contribution in [0, 0.1) is 0 Å². The van der Waals surface area contributed by atoms with Gasteiger partial charge in [-0.2, -0.15) is 4.98 Å². The number of hydrogen-bond acceptors (Lipinski definition) is 5. The molecule has 0 aromatic carbocycles. The summed E-state index contributed by atoms with van der Waals surface area (Å²) in [4.78, 5) is 4.38. The molecule has 0 aliphatic heterocycles. The molecule has 5 nitrogen and oxygen atoms in total. The number of aromatic nitrogens is 2. The van der Waals surface area contributed by atoms with Crippen molar-refractivity contribution >= 4 is 0 Å². The summed E-state index contributed by atoms with van der Waals surface area (Å²) in [7, 11) is 0. The molecule has 18 heavy (non-hydrogen) atoms.